The van der Waals surface area contributed by atoms with Gasteiger partial charge in [0.15, 0.2) is 0 Å². The molecule has 1 aromatic carbocycles. The second-order valence-corrected chi connectivity index (χ2v) is 7.33. The van der Waals surface area contributed by atoms with E-state index in [1.807, 2.05) is 17.0 Å². The van der Waals surface area contributed by atoms with Crippen LogP contribution in [0.15, 0.2) is 24.3 Å². The van der Waals surface area contributed by atoms with E-state index < -0.39 is 0 Å². The Morgan fingerprint density at radius 2 is 2.12 bits per heavy atom. The summed E-state index contributed by atoms with van der Waals surface area (Å²) in [5.74, 6) is 1.08. The number of morpholine rings is 1. The molecule has 0 N–H and O–H groups in total. The van der Waals surface area contributed by atoms with Crippen LogP contribution in [0.3, 0.4) is 0 Å². The first kappa shape index (κ1) is 18.2. The molecule has 0 aliphatic carbocycles. The van der Waals surface area contributed by atoms with Gasteiger partial charge >= 0.3 is 0 Å². The number of amides is 1. The number of hydrogen-bond donors (Lipinski definition) is 0. The Hall–Kier alpha value is -1.59. The van der Waals surface area contributed by atoms with E-state index in [1.54, 1.807) is 0 Å². The Morgan fingerprint density at radius 3 is 2.84 bits per heavy atom. The summed E-state index contributed by atoms with van der Waals surface area (Å²) in [4.78, 5) is 16.7. The molecule has 25 heavy (non-hydrogen) atoms. The average molecular weight is 346 g/mol. The second kappa shape index (κ2) is 8.19. The van der Waals surface area contributed by atoms with E-state index in [2.05, 4.69) is 37.8 Å². The summed E-state index contributed by atoms with van der Waals surface area (Å²) in [7, 11) is 0. The monoisotopic (exact) mass is 346 g/mol. The van der Waals surface area contributed by atoms with Crippen LogP contribution >= 0.6 is 0 Å². The first-order chi connectivity index (χ1) is 12.0. The number of likely N-dealkylation sites (tertiary alicyclic amines) is 1. The zero-order chi connectivity index (χ0) is 17.8. The minimum Gasteiger partial charge on any atom is -0.487 e. The van der Waals surface area contributed by atoms with Crippen molar-refractivity contribution in [2.75, 3.05) is 32.8 Å². The molecule has 1 aromatic rings. The first-order valence-corrected chi connectivity index (χ1v) is 9.44. The summed E-state index contributed by atoms with van der Waals surface area (Å²) in [6.45, 7) is 10.4. The Labute approximate surface area is 150 Å². The van der Waals surface area contributed by atoms with Gasteiger partial charge in [-0.05, 0) is 38.0 Å². The van der Waals surface area contributed by atoms with Crippen LogP contribution in [0.5, 0.6) is 5.75 Å². The van der Waals surface area contributed by atoms with Gasteiger partial charge in [-0.25, -0.2) is 0 Å². The van der Waals surface area contributed by atoms with Crippen molar-refractivity contribution < 1.29 is 14.3 Å². The highest BCUT2D eigenvalue weighted by Gasteiger charge is 2.34. The van der Waals surface area contributed by atoms with Gasteiger partial charge in [-0.1, -0.05) is 19.1 Å². The maximum absolute atomic E-state index is 12.4. The molecule has 1 atom stereocenters. The Morgan fingerprint density at radius 1 is 1.32 bits per heavy atom. The third kappa shape index (κ3) is 4.73. The van der Waals surface area contributed by atoms with E-state index in [9.17, 15) is 4.79 Å². The van der Waals surface area contributed by atoms with Gasteiger partial charge in [0.25, 0.3) is 0 Å². The van der Waals surface area contributed by atoms with Gasteiger partial charge in [-0.2, -0.15) is 0 Å². The van der Waals surface area contributed by atoms with Crippen molar-refractivity contribution in [3.8, 4) is 5.75 Å². The lowest BCUT2D eigenvalue weighted by molar-refractivity contribution is -0.145. The maximum Gasteiger partial charge on any atom is 0.225 e. The fourth-order valence-corrected chi connectivity index (χ4v) is 3.41. The van der Waals surface area contributed by atoms with Gasteiger partial charge in [0.1, 0.15) is 11.9 Å². The summed E-state index contributed by atoms with van der Waals surface area (Å²) >= 11 is 0. The molecule has 5 nitrogen and oxygen atoms in total. The van der Waals surface area contributed by atoms with E-state index in [0.717, 1.165) is 31.9 Å². The maximum atomic E-state index is 12.4. The average Bonchev–Trinajstić information content (AvgIpc) is 2.58. The summed E-state index contributed by atoms with van der Waals surface area (Å²) in [5, 5.41) is 0. The molecular weight excluding hydrogens is 316 g/mol. The van der Waals surface area contributed by atoms with Gasteiger partial charge < -0.3 is 14.4 Å². The van der Waals surface area contributed by atoms with Crippen molar-refractivity contribution in [3.05, 3.63) is 29.8 Å². The standard InChI is InChI=1S/C20H30N2O3/c1-4-16-6-5-7-17(10-16)25-19-13-22(14-19)20(23)11-18-12-21(15(2)3)8-9-24-18/h5-7,10,15,18-19H,4,8-9,11-14H2,1-3H3. The molecule has 0 bridgehead atoms. The van der Waals surface area contributed by atoms with Crippen LogP contribution in [0, 0.1) is 0 Å². The number of aryl methyl sites for hydroxylation is 1. The van der Waals surface area contributed by atoms with Crippen molar-refractivity contribution >= 4 is 5.91 Å². The van der Waals surface area contributed by atoms with Crippen molar-refractivity contribution in [3.63, 3.8) is 0 Å². The van der Waals surface area contributed by atoms with E-state index in [-0.39, 0.29) is 18.1 Å². The Balaban J connectivity index is 1.42. The molecule has 0 aromatic heterocycles. The molecule has 5 heteroatoms. The fraction of sp³-hybridized carbons (Fsp3) is 0.650. The number of carbonyl (C=O) groups excluding carboxylic acids is 1. The van der Waals surface area contributed by atoms with Gasteiger partial charge in [-0.3, -0.25) is 9.69 Å². The molecule has 2 fully saturated rings. The number of carbonyl (C=O) groups is 1. The highest BCUT2D eigenvalue weighted by Crippen LogP contribution is 2.21. The third-order valence-corrected chi connectivity index (χ3v) is 5.11. The molecule has 2 aliphatic heterocycles. The highest BCUT2D eigenvalue weighted by molar-refractivity contribution is 5.77. The van der Waals surface area contributed by atoms with Gasteiger partial charge in [0.05, 0.1) is 32.2 Å². The van der Waals surface area contributed by atoms with Crippen molar-refractivity contribution in [2.24, 2.45) is 0 Å². The quantitative estimate of drug-likeness (QED) is 0.793. The normalized spacial score (nSPS) is 22.1. The molecular formula is C20H30N2O3. The first-order valence-electron chi connectivity index (χ1n) is 9.44. The molecule has 2 heterocycles. The number of ether oxygens (including phenoxy) is 2. The zero-order valence-corrected chi connectivity index (χ0v) is 15.6. The molecule has 3 rings (SSSR count). The molecule has 2 aliphatic rings. The van der Waals surface area contributed by atoms with Crippen molar-refractivity contribution in [2.45, 2.75) is 51.9 Å². The van der Waals surface area contributed by atoms with E-state index >= 15 is 0 Å². The lowest BCUT2D eigenvalue weighted by Gasteiger charge is -2.41. The smallest absolute Gasteiger partial charge is 0.225 e. The van der Waals surface area contributed by atoms with E-state index in [1.165, 1.54) is 5.56 Å². The molecule has 1 unspecified atom stereocenters. The van der Waals surface area contributed by atoms with Crippen LogP contribution < -0.4 is 4.74 Å². The molecule has 0 saturated carbocycles. The lowest BCUT2D eigenvalue weighted by atomic mass is 10.1. The highest BCUT2D eigenvalue weighted by atomic mass is 16.5. The summed E-state index contributed by atoms with van der Waals surface area (Å²) in [6, 6.07) is 8.70. The lowest BCUT2D eigenvalue weighted by Crippen LogP contribution is -2.57. The van der Waals surface area contributed by atoms with Crippen LogP contribution in [-0.2, 0) is 16.0 Å². The van der Waals surface area contributed by atoms with Crippen LogP contribution in [-0.4, -0.2) is 66.7 Å². The minimum absolute atomic E-state index is 0.0184. The summed E-state index contributed by atoms with van der Waals surface area (Å²) in [6.07, 6.45) is 1.60. The molecule has 0 spiro atoms. The van der Waals surface area contributed by atoms with Gasteiger partial charge in [0, 0.05) is 19.1 Å². The van der Waals surface area contributed by atoms with Crippen molar-refractivity contribution in [1.82, 2.24) is 9.80 Å². The number of benzene rings is 1. The topological polar surface area (TPSA) is 42.0 Å². The van der Waals surface area contributed by atoms with Gasteiger partial charge in [-0.15, -0.1) is 0 Å². The minimum atomic E-state index is 0.0184. The number of rotatable bonds is 6. The van der Waals surface area contributed by atoms with E-state index in [0.29, 0.717) is 25.6 Å². The zero-order valence-electron chi connectivity index (χ0n) is 15.6. The Bertz CT molecular complexity index is 584. The second-order valence-electron chi connectivity index (χ2n) is 7.33. The Kier molecular flexibility index (Phi) is 5.97. The number of nitrogens with zero attached hydrogens (tertiary/aromatic N) is 2. The predicted octanol–water partition coefficient (Wildman–Crippen LogP) is 2.34. The molecule has 1 amide bonds. The van der Waals surface area contributed by atoms with Crippen LogP contribution in [0.2, 0.25) is 0 Å². The van der Waals surface area contributed by atoms with Gasteiger partial charge in [0.2, 0.25) is 5.91 Å². The van der Waals surface area contributed by atoms with Crippen molar-refractivity contribution in [1.29, 1.82) is 0 Å². The van der Waals surface area contributed by atoms with Crippen LogP contribution in [0.25, 0.3) is 0 Å². The molecule has 138 valence electrons. The van der Waals surface area contributed by atoms with E-state index in [4.69, 9.17) is 9.47 Å². The summed E-state index contributed by atoms with van der Waals surface area (Å²) < 4.78 is 11.8. The van der Waals surface area contributed by atoms with Crippen LogP contribution in [0.4, 0.5) is 0 Å². The third-order valence-electron chi connectivity index (χ3n) is 5.11. The number of hydrogen-bond acceptors (Lipinski definition) is 4. The molecule has 0 radical (unpaired) electrons. The largest absolute Gasteiger partial charge is 0.487 e. The molecule has 2 saturated heterocycles. The van der Waals surface area contributed by atoms with Crippen LogP contribution in [0.1, 0.15) is 32.8 Å². The summed E-state index contributed by atoms with van der Waals surface area (Å²) in [5.41, 5.74) is 1.27. The SMILES string of the molecule is CCc1cccc(OC2CN(C(=O)CC3CN(C(C)C)CCO3)C2)c1. The predicted molar refractivity (Wildman–Crippen MR) is 97.9 cm³/mol. The fourth-order valence-electron chi connectivity index (χ4n) is 3.41.